The zero-order valence-electron chi connectivity index (χ0n) is 15.9. The van der Waals surface area contributed by atoms with Crippen LogP contribution in [0.2, 0.25) is 0 Å². The maximum Gasteiger partial charge on any atom is 0.256 e. The number of rotatable bonds is 4. The van der Waals surface area contributed by atoms with Gasteiger partial charge in [0.1, 0.15) is 0 Å². The fourth-order valence-corrected chi connectivity index (χ4v) is 3.59. The Kier molecular flexibility index (Phi) is 3.86. The van der Waals surface area contributed by atoms with E-state index in [9.17, 15) is 4.79 Å². The van der Waals surface area contributed by atoms with Crippen molar-refractivity contribution in [3.8, 4) is 0 Å². The molecule has 1 aliphatic carbocycles. The fourth-order valence-electron chi connectivity index (χ4n) is 3.59. The lowest BCUT2D eigenvalue weighted by molar-refractivity contribution is 0.102. The average Bonchev–Trinajstić information content (AvgIpc) is 3.46. The Morgan fingerprint density at radius 3 is 2.82 bits per heavy atom. The summed E-state index contributed by atoms with van der Waals surface area (Å²) in [5.41, 5.74) is 4.00. The van der Waals surface area contributed by atoms with Crippen molar-refractivity contribution in [3.05, 3.63) is 60.0 Å². The molecule has 3 heterocycles. The molecule has 0 bridgehead atoms. The Morgan fingerprint density at radius 2 is 2.04 bits per heavy atom. The number of aromatic nitrogens is 4. The molecule has 1 aliphatic rings. The average molecular weight is 371 g/mol. The third-order valence-corrected chi connectivity index (χ3v) is 5.21. The van der Waals surface area contributed by atoms with Gasteiger partial charge in [0.25, 0.3) is 5.91 Å². The van der Waals surface area contributed by atoms with Gasteiger partial charge in [-0.3, -0.25) is 9.78 Å². The molecule has 0 unspecified atom stereocenters. The Hall–Kier alpha value is -3.28. The molecule has 6 heteroatoms. The summed E-state index contributed by atoms with van der Waals surface area (Å²) in [4.78, 5) is 22.4. The van der Waals surface area contributed by atoms with Crippen LogP contribution in [0.5, 0.6) is 0 Å². The third-order valence-electron chi connectivity index (χ3n) is 5.21. The van der Waals surface area contributed by atoms with Gasteiger partial charge in [0, 0.05) is 29.2 Å². The molecule has 1 N–H and O–H groups in total. The van der Waals surface area contributed by atoms with Crippen molar-refractivity contribution < 1.29 is 4.79 Å². The van der Waals surface area contributed by atoms with Crippen molar-refractivity contribution >= 4 is 33.5 Å². The molecule has 6 nitrogen and oxygen atoms in total. The van der Waals surface area contributed by atoms with Crippen molar-refractivity contribution in [1.29, 1.82) is 0 Å². The number of anilines is 1. The van der Waals surface area contributed by atoms with E-state index in [1.54, 1.807) is 12.4 Å². The highest BCUT2D eigenvalue weighted by atomic mass is 16.1. The molecule has 140 valence electrons. The fraction of sp³-hybridized carbons (Fsp3) is 0.273. The van der Waals surface area contributed by atoms with Crippen molar-refractivity contribution in [2.75, 3.05) is 5.32 Å². The highest BCUT2D eigenvalue weighted by Gasteiger charge is 2.28. The molecule has 0 saturated heterocycles. The first-order valence-corrected chi connectivity index (χ1v) is 9.65. The Labute approximate surface area is 162 Å². The van der Waals surface area contributed by atoms with E-state index >= 15 is 0 Å². The van der Waals surface area contributed by atoms with Crippen LogP contribution in [0.15, 0.2) is 48.8 Å². The summed E-state index contributed by atoms with van der Waals surface area (Å²) in [6.45, 7) is 4.14. The first-order chi connectivity index (χ1) is 13.6. The largest absolute Gasteiger partial charge is 0.321 e. The van der Waals surface area contributed by atoms with Gasteiger partial charge in [-0.1, -0.05) is 6.07 Å². The van der Waals surface area contributed by atoms with E-state index in [-0.39, 0.29) is 11.9 Å². The maximum atomic E-state index is 13.2. The minimum atomic E-state index is -0.144. The lowest BCUT2D eigenvalue weighted by atomic mass is 10.1. The monoisotopic (exact) mass is 371 g/mol. The summed E-state index contributed by atoms with van der Waals surface area (Å²) >= 11 is 0. The third kappa shape index (κ3) is 2.81. The van der Waals surface area contributed by atoms with Gasteiger partial charge in [0.2, 0.25) is 0 Å². The van der Waals surface area contributed by atoms with Gasteiger partial charge in [-0.2, -0.15) is 5.10 Å². The van der Waals surface area contributed by atoms with Crippen LogP contribution < -0.4 is 5.32 Å². The number of carbonyl (C=O) groups is 1. The molecule has 0 atom stereocenters. The number of nitrogens with one attached hydrogen (secondary N) is 1. The van der Waals surface area contributed by atoms with E-state index in [0.29, 0.717) is 11.5 Å². The maximum absolute atomic E-state index is 13.2. The number of pyridine rings is 2. The van der Waals surface area contributed by atoms with Crippen molar-refractivity contribution in [2.24, 2.45) is 0 Å². The van der Waals surface area contributed by atoms with Crippen LogP contribution in [0, 0.1) is 0 Å². The number of hydrogen-bond donors (Lipinski definition) is 1. The lowest BCUT2D eigenvalue weighted by Gasteiger charge is -2.11. The van der Waals surface area contributed by atoms with Gasteiger partial charge in [0.15, 0.2) is 5.65 Å². The SMILES string of the molecule is CC(C)n1ncc2c(C(=O)Nc3cccc4ncccc34)cc(C3CC3)nc21. The quantitative estimate of drug-likeness (QED) is 0.565. The van der Waals surface area contributed by atoms with Crippen LogP contribution >= 0.6 is 0 Å². The lowest BCUT2D eigenvalue weighted by Crippen LogP contribution is -2.14. The summed E-state index contributed by atoms with van der Waals surface area (Å²) in [7, 11) is 0. The predicted octanol–water partition coefficient (Wildman–Crippen LogP) is 4.69. The van der Waals surface area contributed by atoms with Gasteiger partial charge < -0.3 is 5.32 Å². The van der Waals surface area contributed by atoms with Crippen LogP contribution in [0.4, 0.5) is 5.69 Å². The van der Waals surface area contributed by atoms with Gasteiger partial charge in [-0.05, 0) is 57.0 Å². The number of benzene rings is 1. The number of amides is 1. The minimum absolute atomic E-state index is 0.144. The highest BCUT2D eigenvalue weighted by Crippen LogP contribution is 2.40. The second kappa shape index (κ2) is 6.41. The first-order valence-electron chi connectivity index (χ1n) is 9.65. The number of fused-ring (bicyclic) bond motifs is 2. The Balaban J connectivity index is 1.60. The van der Waals surface area contributed by atoms with E-state index in [0.717, 1.165) is 46.2 Å². The highest BCUT2D eigenvalue weighted by molar-refractivity contribution is 6.14. The second-order valence-corrected chi connectivity index (χ2v) is 7.62. The molecule has 4 aromatic rings. The molecular formula is C22H21N5O. The predicted molar refractivity (Wildman–Crippen MR) is 110 cm³/mol. The van der Waals surface area contributed by atoms with Gasteiger partial charge in [-0.15, -0.1) is 0 Å². The minimum Gasteiger partial charge on any atom is -0.321 e. The van der Waals surface area contributed by atoms with Gasteiger partial charge in [0.05, 0.1) is 28.4 Å². The van der Waals surface area contributed by atoms with E-state index in [1.807, 2.05) is 41.1 Å². The zero-order chi connectivity index (χ0) is 19.3. The Morgan fingerprint density at radius 1 is 1.18 bits per heavy atom. The van der Waals surface area contributed by atoms with E-state index in [1.165, 1.54) is 0 Å². The van der Waals surface area contributed by atoms with Crippen LogP contribution in [-0.4, -0.2) is 25.7 Å². The van der Waals surface area contributed by atoms with Crippen LogP contribution in [-0.2, 0) is 0 Å². The molecular weight excluding hydrogens is 350 g/mol. The van der Waals surface area contributed by atoms with Crippen molar-refractivity contribution in [1.82, 2.24) is 19.7 Å². The van der Waals surface area contributed by atoms with Gasteiger partial charge in [-0.25, -0.2) is 9.67 Å². The second-order valence-electron chi connectivity index (χ2n) is 7.62. The van der Waals surface area contributed by atoms with E-state index < -0.39 is 0 Å². The standard InChI is InChI=1S/C22H21N5O/c1-13(2)27-21-17(12-24-27)16(11-20(25-21)14-8-9-14)22(28)26-19-7-3-6-18-15(19)5-4-10-23-18/h3-7,10-14H,8-9H2,1-2H3,(H,26,28). The molecule has 1 saturated carbocycles. The van der Waals surface area contributed by atoms with E-state index in [2.05, 4.69) is 29.2 Å². The summed E-state index contributed by atoms with van der Waals surface area (Å²) in [6, 6.07) is 11.7. The van der Waals surface area contributed by atoms with Crippen LogP contribution in [0.3, 0.4) is 0 Å². The molecule has 3 aromatic heterocycles. The van der Waals surface area contributed by atoms with Crippen molar-refractivity contribution in [2.45, 2.75) is 38.6 Å². The summed E-state index contributed by atoms with van der Waals surface area (Å²) in [6.07, 6.45) is 5.76. The zero-order valence-corrected chi connectivity index (χ0v) is 15.9. The molecule has 0 radical (unpaired) electrons. The van der Waals surface area contributed by atoms with Crippen LogP contribution in [0.25, 0.3) is 21.9 Å². The van der Waals surface area contributed by atoms with Gasteiger partial charge >= 0.3 is 0 Å². The smallest absolute Gasteiger partial charge is 0.256 e. The number of hydrogen-bond acceptors (Lipinski definition) is 4. The van der Waals surface area contributed by atoms with E-state index in [4.69, 9.17) is 4.98 Å². The summed E-state index contributed by atoms with van der Waals surface area (Å²) in [5.74, 6) is 0.308. The normalized spacial score (nSPS) is 14.1. The molecule has 0 spiro atoms. The summed E-state index contributed by atoms with van der Waals surface area (Å²) in [5, 5.41) is 9.26. The Bertz CT molecular complexity index is 1200. The number of nitrogens with zero attached hydrogens (tertiary/aromatic N) is 4. The van der Waals surface area contributed by atoms with Crippen LogP contribution in [0.1, 0.15) is 54.7 Å². The summed E-state index contributed by atoms with van der Waals surface area (Å²) < 4.78 is 1.89. The molecule has 28 heavy (non-hydrogen) atoms. The topological polar surface area (TPSA) is 72.7 Å². The first kappa shape index (κ1) is 16.9. The molecule has 5 rings (SSSR count). The molecule has 1 amide bonds. The molecule has 0 aliphatic heterocycles. The van der Waals surface area contributed by atoms with Crippen molar-refractivity contribution in [3.63, 3.8) is 0 Å². The molecule has 1 aromatic carbocycles. The molecule has 1 fully saturated rings. The number of carbonyl (C=O) groups excluding carboxylic acids is 1.